The van der Waals surface area contributed by atoms with Gasteiger partial charge in [-0.05, 0) is 36.4 Å². The third-order valence-electron chi connectivity index (χ3n) is 3.85. The zero-order valence-corrected chi connectivity index (χ0v) is 15.1. The lowest BCUT2D eigenvalue weighted by Gasteiger charge is -2.14. The summed E-state index contributed by atoms with van der Waals surface area (Å²) < 4.78 is 26.9. The second-order valence-corrected chi connectivity index (χ2v) is 7.44. The molecule has 3 rings (SSSR count). The lowest BCUT2D eigenvalue weighted by Crippen LogP contribution is -2.26. The molecule has 2 heterocycles. The van der Waals surface area contributed by atoms with Crippen molar-refractivity contribution >= 4 is 21.6 Å². The summed E-state index contributed by atoms with van der Waals surface area (Å²) in [6, 6.07) is 11.3. The number of fused-ring (bicyclic) bond motifs is 1. The van der Waals surface area contributed by atoms with Crippen LogP contribution in [0.1, 0.15) is 16.1 Å². The van der Waals surface area contributed by atoms with Crippen LogP contribution in [0.3, 0.4) is 0 Å². The third-order valence-corrected chi connectivity index (χ3v) is 5.55. The predicted octanol–water partition coefficient (Wildman–Crippen LogP) is 1.45. The van der Waals surface area contributed by atoms with Gasteiger partial charge in [0.05, 0.1) is 24.2 Å². The number of pyridine rings is 1. The number of carbonyl (C=O) groups excluding carboxylic acids is 1. The van der Waals surface area contributed by atoms with Crippen LogP contribution in [0, 0.1) is 0 Å². The molecule has 8 nitrogen and oxygen atoms in total. The Hall–Kier alpha value is -2.75. The first-order chi connectivity index (χ1) is 12.4. The minimum absolute atomic E-state index is 0.0405. The van der Waals surface area contributed by atoms with Gasteiger partial charge in [0.1, 0.15) is 5.65 Å². The maximum Gasteiger partial charge on any atom is 0.264 e. The summed E-state index contributed by atoms with van der Waals surface area (Å²) in [4.78, 5) is 21.4. The second kappa shape index (κ2) is 7.24. The van der Waals surface area contributed by atoms with Crippen LogP contribution in [0.2, 0.25) is 0 Å². The number of nitrogens with one attached hydrogen (secondary N) is 1. The number of nitrogens with zero attached hydrogens (tertiary/aromatic N) is 3. The van der Waals surface area contributed by atoms with Gasteiger partial charge >= 0.3 is 0 Å². The van der Waals surface area contributed by atoms with E-state index in [1.54, 1.807) is 0 Å². The fraction of sp³-hybridized carbons (Fsp3) is 0.176. The summed E-state index contributed by atoms with van der Waals surface area (Å²) in [6.45, 7) is 0.271. The number of hydroxylamine groups is 1. The molecule has 0 aliphatic carbocycles. The molecule has 0 aliphatic heterocycles. The molecule has 136 valence electrons. The van der Waals surface area contributed by atoms with E-state index in [9.17, 15) is 13.2 Å². The van der Waals surface area contributed by atoms with Gasteiger partial charge in [0.2, 0.25) is 0 Å². The molecule has 0 spiro atoms. The highest BCUT2D eigenvalue weighted by molar-refractivity contribution is 7.89. The molecule has 0 bridgehead atoms. The molecule has 26 heavy (non-hydrogen) atoms. The van der Waals surface area contributed by atoms with E-state index in [4.69, 9.17) is 4.84 Å². The molecule has 0 unspecified atom stereocenters. The highest BCUT2D eigenvalue weighted by atomic mass is 32.2. The van der Waals surface area contributed by atoms with Crippen molar-refractivity contribution in [1.29, 1.82) is 0 Å². The highest BCUT2D eigenvalue weighted by Gasteiger charge is 2.21. The number of hydrogen-bond acceptors (Lipinski definition) is 5. The molecule has 0 radical (unpaired) electrons. The monoisotopic (exact) mass is 374 g/mol. The first kappa shape index (κ1) is 18.1. The Morgan fingerprint density at radius 3 is 2.62 bits per heavy atom. The van der Waals surface area contributed by atoms with E-state index >= 15 is 0 Å². The number of carbonyl (C=O) groups is 1. The van der Waals surface area contributed by atoms with Gasteiger partial charge in [0.15, 0.2) is 0 Å². The van der Waals surface area contributed by atoms with Gasteiger partial charge in [-0.15, -0.1) is 0 Å². The Bertz CT molecular complexity index is 995. The first-order valence-corrected chi connectivity index (χ1v) is 9.20. The SMILES string of the molecule is CON(C)S(=O)(=O)c1ccc(C(=O)NCc2cn3ccccc3n2)cc1. The van der Waals surface area contributed by atoms with Crippen LogP contribution in [-0.4, -0.2) is 42.3 Å². The van der Waals surface area contributed by atoms with Gasteiger partial charge in [0, 0.05) is 25.0 Å². The quantitative estimate of drug-likeness (QED) is 0.659. The average Bonchev–Trinajstić information content (AvgIpc) is 3.08. The molecular weight excluding hydrogens is 356 g/mol. The van der Waals surface area contributed by atoms with Crippen LogP contribution < -0.4 is 5.32 Å². The van der Waals surface area contributed by atoms with E-state index in [2.05, 4.69) is 10.3 Å². The van der Waals surface area contributed by atoms with E-state index in [1.807, 2.05) is 35.0 Å². The summed E-state index contributed by atoms with van der Waals surface area (Å²) in [5.41, 5.74) is 1.88. The van der Waals surface area contributed by atoms with Crippen molar-refractivity contribution in [3.63, 3.8) is 0 Å². The Balaban J connectivity index is 1.68. The van der Waals surface area contributed by atoms with Crippen molar-refractivity contribution in [3.8, 4) is 0 Å². The van der Waals surface area contributed by atoms with Gasteiger partial charge in [0.25, 0.3) is 15.9 Å². The molecule has 1 amide bonds. The van der Waals surface area contributed by atoms with Crippen molar-refractivity contribution in [2.45, 2.75) is 11.4 Å². The van der Waals surface area contributed by atoms with Crippen LogP contribution >= 0.6 is 0 Å². The van der Waals surface area contributed by atoms with E-state index < -0.39 is 10.0 Å². The molecule has 0 saturated heterocycles. The lowest BCUT2D eigenvalue weighted by atomic mass is 10.2. The highest BCUT2D eigenvalue weighted by Crippen LogP contribution is 2.15. The smallest absolute Gasteiger partial charge is 0.264 e. The van der Waals surface area contributed by atoms with Crippen molar-refractivity contribution in [1.82, 2.24) is 19.2 Å². The fourth-order valence-corrected chi connectivity index (χ4v) is 3.34. The lowest BCUT2D eigenvalue weighted by molar-refractivity contribution is -0.0258. The van der Waals surface area contributed by atoms with Gasteiger partial charge in [-0.2, -0.15) is 0 Å². The number of aromatic nitrogens is 2. The maximum absolute atomic E-state index is 12.3. The molecule has 1 N–H and O–H groups in total. The molecule has 3 aromatic rings. The van der Waals surface area contributed by atoms with Crippen LogP contribution in [0.15, 0.2) is 59.8 Å². The van der Waals surface area contributed by atoms with Crippen molar-refractivity contribution in [2.24, 2.45) is 0 Å². The second-order valence-electron chi connectivity index (χ2n) is 5.50. The van der Waals surface area contributed by atoms with Gasteiger partial charge in [-0.3, -0.25) is 9.63 Å². The summed E-state index contributed by atoms with van der Waals surface area (Å²) in [5, 5.41) is 2.77. The topological polar surface area (TPSA) is 93.0 Å². The first-order valence-electron chi connectivity index (χ1n) is 7.76. The largest absolute Gasteiger partial charge is 0.346 e. The normalized spacial score (nSPS) is 11.8. The van der Waals surface area contributed by atoms with Crippen LogP contribution in [-0.2, 0) is 21.4 Å². The summed E-state index contributed by atoms with van der Waals surface area (Å²) in [5.74, 6) is -0.314. The molecule has 0 aliphatic rings. The number of rotatable bonds is 6. The summed E-state index contributed by atoms with van der Waals surface area (Å²) >= 11 is 0. The molecule has 1 aromatic carbocycles. The Kier molecular flexibility index (Phi) is 5.03. The predicted molar refractivity (Wildman–Crippen MR) is 94.8 cm³/mol. The maximum atomic E-state index is 12.3. The summed E-state index contributed by atoms with van der Waals surface area (Å²) in [7, 11) is -1.18. The molecule has 0 fully saturated rings. The number of hydrogen-bond donors (Lipinski definition) is 1. The molecular formula is C17H18N4O4S. The number of imidazole rings is 1. The fourth-order valence-electron chi connectivity index (χ4n) is 2.37. The van der Waals surface area contributed by atoms with E-state index in [0.29, 0.717) is 5.56 Å². The van der Waals surface area contributed by atoms with Crippen molar-refractivity contribution in [3.05, 3.63) is 66.1 Å². The van der Waals surface area contributed by atoms with Crippen LogP contribution in [0.5, 0.6) is 0 Å². The summed E-state index contributed by atoms with van der Waals surface area (Å²) in [6.07, 6.45) is 3.72. The standard InChI is InChI=1S/C17H18N4O4S/c1-20(25-2)26(23,24)15-8-6-13(7-9-15)17(22)18-11-14-12-21-10-4-3-5-16(21)19-14/h3-10,12H,11H2,1-2H3,(H,18,22). The van der Waals surface area contributed by atoms with Gasteiger partial charge < -0.3 is 9.72 Å². The van der Waals surface area contributed by atoms with E-state index in [-0.39, 0.29) is 17.3 Å². The number of sulfonamides is 1. The number of amides is 1. The third kappa shape index (κ3) is 3.59. The minimum Gasteiger partial charge on any atom is -0.346 e. The molecule has 9 heteroatoms. The van der Waals surface area contributed by atoms with E-state index in [1.165, 1.54) is 38.4 Å². The Morgan fingerprint density at radius 1 is 1.23 bits per heavy atom. The average molecular weight is 374 g/mol. The van der Waals surface area contributed by atoms with Gasteiger partial charge in [-0.25, -0.2) is 13.4 Å². The Morgan fingerprint density at radius 2 is 1.96 bits per heavy atom. The zero-order chi connectivity index (χ0) is 18.7. The van der Waals surface area contributed by atoms with Crippen LogP contribution in [0.4, 0.5) is 0 Å². The minimum atomic E-state index is -3.73. The molecule has 0 saturated carbocycles. The van der Waals surface area contributed by atoms with Crippen molar-refractivity contribution in [2.75, 3.05) is 14.2 Å². The Labute approximate surface area is 151 Å². The zero-order valence-electron chi connectivity index (χ0n) is 14.3. The molecule has 0 atom stereocenters. The van der Waals surface area contributed by atoms with Crippen LogP contribution in [0.25, 0.3) is 5.65 Å². The number of benzene rings is 1. The molecule has 2 aromatic heterocycles. The van der Waals surface area contributed by atoms with Gasteiger partial charge in [-0.1, -0.05) is 10.5 Å². The van der Waals surface area contributed by atoms with E-state index in [0.717, 1.165) is 15.8 Å². The van der Waals surface area contributed by atoms with Crippen molar-refractivity contribution < 1.29 is 18.0 Å².